The van der Waals surface area contributed by atoms with E-state index in [9.17, 15) is 13.2 Å². The molecule has 0 aliphatic carbocycles. The van der Waals surface area contributed by atoms with Gasteiger partial charge in [-0.25, -0.2) is 13.4 Å². The van der Waals surface area contributed by atoms with Crippen LogP contribution in [0.25, 0.3) is 16.6 Å². The fourth-order valence-corrected chi connectivity index (χ4v) is 5.46. The van der Waals surface area contributed by atoms with Crippen molar-refractivity contribution < 1.29 is 8.42 Å². The molecule has 0 unspecified atom stereocenters. The molecule has 0 saturated heterocycles. The van der Waals surface area contributed by atoms with Crippen LogP contribution in [0.2, 0.25) is 0 Å². The fraction of sp³-hybridized carbons (Fsp3) is 0.231. The van der Waals surface area contributed by atoms with E-state index >= 15 is 0 Å². The normalized spacial score (nSPS) is 11.9. The van der Waals surface area contributed by atoms with Crippen LogP contribution in [0.3, 0.4) is 0 Å². The van der Waals surface area contributed by atoms with Crippen molar-refractivity contribution in [2.24, 2.45) is 0 Å². The molecule has 33 heavy (non-hydrogen) atoms. The molecule has 1 aromatic heterocycles. The van der Waals surface area contributed by atoms with Crippen LogP contribution in [0.15, 0.2) is 70.4 Å². The molecule has 0 N–H and O–H groups in total. The van der Waals surface area contributed by atoms with Gasteiger partial charge in [-0.1, -0.05) is 42.0 Å². The zero-order valence-electron chi connectivity index (χ0n) is 19.5. The van der Waals surface area contributed by atoms with Crippen LogP contribution < -0.4 is 5.56 Å². The molecule has 0 radical (unpaired) electrons. The Morgan fingerprint density at radius 2 is 1.55 bits per heavy atom. The van der Waals surface area contributed by atoms with Crippen LogP contribution in [0, 0.1) is 27.7 Å². The van der Waals surface area contributed by atoms with Gasteiger partial charge < -0.3 is 0 Å². The second-order valence-corrected chi connectivity index (χ2v) is 10.5. The lowest BCUT2D eigenvalue weighted by Crippen LogP contribution is -2.32. The topological polar surface area (TPSA) is 72.3 Å². The summed E-state index contributed by atoms with van der Waals surface area (Å²) in [7, 11) is -2.28. The van der Waals surface area contributed by atoms with Gasteiger partial charge in [0.15, 0.2) is 0 Å². The van der Waals surface area contributed by atoms with E-state index in [1.54, 1.807) is 37.3 Å². The summed E-state index contributed by atoms with van der Waals surface area (Å²) in [5.41, 5.74) is 4.53. The van der Waals surface area contributed by atoms with Gasteiger partial charge in [-0.15, -0.1) is 0 Å². The zero-order chi connectivity index (χ0) is 23.9. The number of aryl methyl sites for hydroxylation is 4. The molecule has 0 saturated carbocycles. The number of rotatable bonds is 5. The number of aromatic nitrogens is 2. The average Bonchev–Trinajstić information content (AvgIpc) is 2.76. The van der Waals surface area contributed by atoms with Crippen LogP contribution in [-0.4, -0.2) is 29.3 Å². The van der Waals surface area contributed by atoms with Crippen LogP contribution in [0.4, 0.5) is 0 Å². The van der Waals surface area contributed by atoms with Crippen molar-refractivity contribution in [3.8, 4) is 5.69 Å². The average molecular weight is 462 g/mol. The van der Waals surface area contributed by atoms with Gasteiger partial charge in [0.05, 0.1) is 28.0 Å². The van der Waals surface area contributed by atoms with E-state index < -0.39 is 10.0 Å². The predicted octanol–water partition coefficient (Wildman–Crippen LogP) is 4.44. The van der Waals surface area contributed by atoms with Crippen molar-refractivity contribution in [2.45, 2.75) is 39.1 Å². The molecule has 0 fully saturated rings. The Balaban J connectivity index is 1.90. The summed E-state index contributed by atoms with van der Waals surface area (Å²) >= 11 is 0. The zero-order valence-corrected chi connectivity index (χ0v) is 20.3. The van der Waals surface area contributed by atoms with Crippen LogP contribution in [-0.2, 0) is 16.6 Å². The Bertz CT molecular complexity index is 1540. The highest BCUT2D eigenvalue weighted by Gasteiger charge is 2.25. The van der Waals surface area contributed by atoms with Crippen molar-refractivity contribution in [1.82, 2.24) is 13.9 Å². The second kappa shape index (κ2) is 8.57. The Morgan fingerprint density at radius 1 is 0.879 bits per heavy atom. The third-order valence-corrected chi connectivity index (χ3v) is 7.78. The quantitative estimate of drug-likeness (QED) is 0.440. The molecule has 0 aliphatic heterocycles. The van der Waals surface area contributed by atoms with E-state index in [1.165, 1.54) is 15.9 Å². The number of hydrogen-bond acceptors (Lipinski definition) is 4. The van der Waals surface area contributed by atoms with E-state index in [0.717, 1.165) is 16.7 Å². The van der Waals surface area contributed by atoms with Gasteiger partial charge in [0.2, 0.25) is 10.0 Å². The van der Waals surface area contributed by atoms with Crippen molar-refractivity contribution in [1.29, 1.82) is 0 Å². The molecular formula is C26H27N3O3S. The molecule has 6 nitrogen and oxygen atoms in total. The standard InChI is InChI=1S/C26H27N3O3S/c1-17-11-13-23(20(4)14-17)29-25(27-22-9-7-6-8-21(22)26(29)30)16-28(5)33(31,32)24-15-18(2)10-12-19(24)3/h6-15H,16H2,1-5H3. The third kappa shape index (κ3) is 4.21. The van der Waals surface area contributed by atoms with Crippen LogP contribution in [0.5, 0.6) is 0 Å². The van der Waals surface area contributed by atoms with Crippen molar-refractivity contribution in [3.63, 3.8) is 0 Å². The van der Waals surface area contributed by atoms with Crippen LogP contribution >= 0.6 is 0 Å². The largest absolute Gasteiger partial charge is 0.268 e. The molecule has 0 amide bonds. The smallest absolute Gasteiger partial charge is 0.266 e. The lowest BCUT2D eigenvalue weighted by molar-refractivity contribution is 0.451. The van der Waals surface area contributed by atoms with Crippen LogP contribution in [0.1, 0.15) is 28.1 Å². The number of para-hydroxylation sites is 1. The van der Waals surface area contributed by atoms with Gasteiger partial charge in [0.1, 0.15) is 5.82 Å². The molecule has 0 atom stereocenters. The molecule has 4 aromatic rings. The third-order valence-electron chi connectivity index (χ3n) is 5.83. The monoisotopic (exact) mass is 461 g/mol. The first-order chi connectivity index (χ1) is 15.6. The predicted molar refractivity (Wildman–Crippen MR) is 131 cm³/mol. The van der Waals surface area contributed by atoms with E-state index in [2.05, 4.69) is 0 Å². The van der Waals surface area contributed by atoms with E-state index in [4.69, 9.17) is 4.98 Å². The maximum absolute atomic E-state index is 13.5. The molecule has 170 valence electrons. The highest BCUT2D eigenvalue weighted by Crippen LogP contribution is 2.23. The van der Waals surface area contributed by atoms with Gasteiger partial charge in [-0.05, 0) is 68.7 Å². The number of fused-ring (bicyclic) bond motifs is 1. The van der Waals surface area contributed by atoms with Crippen molar-refractivity contribution in [3.05, 3.63) is 99.1 Å². The number of nitrogens with zero attached hydrogens (tertiary/aromatic N) is 3. The Kier molecular flexibility index (Phi) is 5.95. The highest BCUT2D eigenvalue weighted by molar-refractivity contribution is 7.89. The van der Waals surface area contributed by atoms with Gasteiger partial charge in [0.25, 0.3) is 5.56 Å². The summed E-state index contributed by atoms with van der Waals surface area (Å²) in [6.07, 6.45) is 0. The Morgan fingerprint density at radius 3 is 2.27 bits per heavy atom. The Hall–Kier alpha value is -3.29. The van der Waals surface area contributed by atoms with E-state index in [-0.39, 0.29) is 17.0 Å². The first kappa shape index (κ1) is 22.9. The number of sulfonamides is 1. The van der Waals surface area contributed by atoms with Gasteiger partial charge in [-0.3, -0.25) is 9.36 Å². The van der Waals surface area contributed by atoms with E-state index in [1.807, 2.05) is 51.1 Å². The molecule has 0 aliphatic rings. The molecule has 0 spiro atoms. The van der Waals surface area contributed by atoms with Gasteiger partial charge in [0, 0.05) is 7.05 Å². The first-order valence-electron chi connectivity index (χ1n) is 10.7. The minimum atomic E-state index is -3.79. The lowest BCUT2D eigenvalue weighted by atomic mass is 10.1. The molecule has 0 bridgehead atoms. The van der Waals surface area contributed by atoms with Crippen molar-refractivity contribution in [2.75, 3.05) is 7.05 Å². The SMILES string of the molecule is Cc1ccc(-n2c(CN(C)S(=O)(=O)c3cc(C)ccc3C)nc3ccccc3c2=O)c(C)c1. The molecule has 3 aromatic carbocycles. The Labute approximate surface area is 194 Å². The maximum atomic E-state index is 13.5. The summed E-state index contributed by atoms with van der Waals surface area (Å²) in [4.78, 5) is 18.5. The summed E-state index contributed by atoms with van der Waals surface area (Å²) in [6, 6.07) is 18.3. The summed E-state index contributed by atoms with van der Waals surface area (Å²) < 4.78 is 29.6. The van der Waals surface area contributed by atoms with Gasteiger partial charge >= 0.3 is 0 Å². The van der Waals surface area contributed by atoms with Crippen molar-refractivity contribution >= 4 is 20.9 Å². The fourth-order valence-electron chi connectivity index (χ4n) is 4.03. The summed E-state index contributed by atoms with van der Waals surface area (Å²) in [6.45, 7) is 7.51. The number of hydrogen-bond donors (Lipinski definition) is 0. The highest BCUT2D eigenvalue weighted by atomic mass is 32.2. The first-order valence-corrected chi connectivity index (χ1v) is 12.2. The van der Waals surface area contributed by atoms with E-state index in [0.29, 0.717) is 28.0 Å². The second-order valence-electron chi connectivity index (χ2n) is 8.51. The molecular weight excluding hydrogens is 434 g/mol. The molecule has 1 heterocycles. The number of benzene rings is 3. The summed E-state index contributed by atoms with van der Waals surface area (Å²) in [5.74, 6) is 0.363. The summed E-state index contributed by atoms with van der Waals surface area (Å²) in [5, 5.41) is 0.487. The minimum absolute atomic E-state index is 0.0525. The molecule has 7 heteroatoms. The molecule has 4 rings (SSSR count). The minimum Gasteiger partial charge on any atom is -0.268 e. The van der Waals surface area contributed by atoms with Gasteiger partial charge in [-0.2, -0.15) is 4.31 Å². The lowest BCUT2D eigenvalue weighted by Gasteiger charge is -2.22. The maximum Gasteiger partial charge on any atom is 0.266 e.